The molecule has 3 rings (SSSR count). The highest BCUT2D eigenvalue weighted by Crippen LogP contribution is 2.19. The van der Waals surface area contributed by atoms with Crippen LogP contribution in [0.3, 0.4) is 0 Å². The smallest absolute Gasteiger partial charge is 0.343 e. The number of hydrogen-bond donors (Lipinski definition) is 1. The third-order valence-electron chi connectivity index (χ3n) is 2.66. The van der Waals surface area contributed by atoms with Crippen LogP contribution in [0.15, 0.2) is 48.8 Å². The number of benzene rings is 2. The van der Waals surface area contributed by atoms with E-state index < -0.39 is 11.8 Å². The van der Waals surface area contributed by atoms with Crippen molar-refractivity contribution >= 4 is 17.0 Å². The van der Waals surface area contributed by atoms with Crippen LogP contribution in [0.2, 0.25) is 0 Å². The number of aromatic amines is 1. The molecule has 3 aromatic rings. The first-order valence-corrected chi connectivity index (χ1v) is 5.63. The van der Waals surface area contributed by atoms with Crippen LogP contribution in [0.5, 0.6) is 5.75 Å². The van der Waals surface area contributed by atoms with Crippen molar-refractivity contribution in [3.8, 4) is 5.75 Å². The van der Waals surface area contributed by atoms with Gasteiger partial charge in [-0.2, -0.15) is 0 Å². The Bertz CT molecular complexity index is 752. The summed E-state index contributed by atoms with van der Waals surface area (Å²) in [4.78, 5) is 18.8. The first-order valence-electron chi connectivity index (χ1n) is 5.63. The van der Waals surface area contributed by atoms with E-state index in [1.54, 1.807) is 24.5 Å². The molecular formula is C14H9FN2O2. The van der Waals surface area contributed by atoms with E-state index in [4.69, 9.17) is 4.74 Å². The monoisotopic (exact) mass is 256 g/mol. The number of aromatic nitrogens is 2. The average Bonchev–Trinajstić information content (AvgIpc) is 2.86. The molecule has 94 valence electrons. The molecule has 1 aromatic heterocycles. The van der Waals surface area contributed by atoms with Gasteiger partial charge in [0, 0.05) is 6.07 Å². The van der Waals surface area contributed by atoms with Gasteiger partial charge >= 0.3 is 5.97 Å². The Balaban J connectivity index is 1.86. The number of fused-ring (bicyclic) bond motifs is 1. The molecule has 0 fully saturated rings. The molecule has 0 saturated heterocycles. The van der Waals surface area contributed by atoms with E-state index in [0.717, 1.165) is 17.1 Å². The zero-order chi connectivity index (χ0) is 13.2. The summed E-state index contributed by atoms with van der Waals surface area (Å²) in [6.45, 7) is 0. The molecule has 0 unspecified atom stereocenters. The van der Waals surface area contributed by atoms with Crippen LogP contribution in [0.25, 0.3) is 11.0 Å². The maximum Gasteiger partial charge on any atom is 0.343 e. The summed E-state index contributed by atoms with van der Waals surface area (Å²) in [5.74, 6) is -0.692. The number of hydrogen-bond acceptors (Lipinski definition) is 3. The van der Waals surface area contributed by atoms with Gasteiger partial charge in [-0.3, -0.25) is 0 Å². The maximum absolute atomic E-state index is 13.0. The summed E-state index contributed by atoms with van der Waals surface area (Å²) >= 11 is 0. The predicted molar refractivity (Wildman–Crippen MR) is 67.5 cm³/mol. The van der Waals surface area contributed by atoms with E-state index in [9.17, 15) is 9.18 Å². The topological polar surface area (TPSA) is 55.0 Å². The lowest BCUT2D eigenvalue weighted by Crippen LogP contribution is -2.08. The molecule has 0 spiro atoms. The minimum absolute atomic E-state index is 0.171. The third kappa shape index (κ3) is 2.30. The number of halogens is 1. The molecule has 2 aromatic carbocycles. The average molecular weight is 256 g/mol. The lowest BCUT2D eigenvalue weighted by atomic mass is 10.2. The maximum atomic E-state index is 13.0. The zero-order valence-corrected chi connectivity index (χ0v) is 9.76. The molecule has 19 heavy (non-hydrogen) atoms. The van der Waals surface area contributed by atoms with E-state index in [-0.39, 0.29) is 5.56 Å². The van der Waals surface area contributed by atoms with Gasteiger partial charge < -0.3 is 9.72 Å². The van der Waals surface area contributed by atoms with Gasteiger partial charge in [0.2, 0.25) is 0 Å². The van der Waals surface area contributed by atoms with Crippen LogP contribution in [0.1, 0.15) is 10.4 Å². The van der Waals surface area contributed by atoms with E-state index in [0.29, 0.717) is 5.75 Å². The van der Waals surface area contributed by atoms with Crippen molar-refractivity contribution in [3.05, 3.63) is 60.2 Å². The highest BCUT2D eigenvalue weighted by molar-refractivity contribution is 5.91. The minimum Gasteiger partial charge on any atom is -0.423 e. The second kappa shape index (κ2) is 4.53. The standard InChI is InChI=1S/C14H9FN2O2/c15-10-3-1-2-9(6-10)14(18)19-11-4-5-12-13(7-11)17-8-16-12/h1-8H,(H,16,17). The van der Waals surface area contributed by atoms with Crippen LogP contribution in [0, 0.1) is 5.82 Å². The largest absolute Gasteiger partial charge is 0.423 e. The van der Waals surface area contributed by atoms with Gasteiger partial charge in [0.05, 0.1) is 22.9 Å². The van der Waals surface area contributed by atoms with Gasteiger partial charge in [-0.1, -0.05) is 6.07 Å². The summed E-state index contributed by atoms with van der Waals surface area (Å²) in [5, 5.41) is 0. The summed E-state index contributed by atoms with van der Waals surface area (Å²) in [7, 11) is 0. The molecule has 0 aliphatic carbocycles. The van der Waals surface area contributed by atoms with Crippen LogP contribution >= 0.6 is 0 Å². The number of ether oxygens (including phenoxy) is 1. The lowest BCUT2D eigenvalue weighted by Gasteiger charge is -2.04. The van der Waals surface area contributed by atoms with E-state index in [1.807, 2.05) is 0 Å². The van der Waals surface area contributed by atoms with Gasteiger partial charge in [0.1, 0.15) is 11.6 Å². The molecule has 0 aliphatic heterocycles. The molecule has 4 nitrogen and oxygen atoms in total. The highest BCUT2D eigenvalue weighted by atomic mass is 19.1. The number of carbonyl (C=O) groups excluding carboxylic acids is 1. The Morgan fingerprint density at radius 3 is 2.95 bits per heavy atom. The minimum atomic E-state index is -0.599. The van der Waals surface area contributed by atoms with Crippen LogP contribution in [0.4, 0.5) is 4.39 Å². The fourth-order valence-corrected chi connectivity index (χ4v) is 1.76. The second-order valence-electron chi connectivity index (χ2n) is 3.98. The number of nitrogens with one attached hydrogen (secondary N) is 1. The van der Waals surface area contributed by atoms with Crippen LogP contribution in [-0.2, 0) is 0 Å². The fourth-order valence-electron chi connectivity index (χ4n) is 1.76. The summed E-state index contributed by atoms with van der Waals surface area (Å²) in [6.07, 6.45) is 1.56. The molecule has 0 amide bonds. The number of imidazole rings is 1. The van der Waals surface area contributed by atoms with Crippen molar-refractivity contribution in [1.82, 2.24) is 9.97 Å². The molecule has 0 bridgehead atoms. The third-order valence-corrected chi connectivity index (χ3v) is 2.66. The quantitative estimate of drug-likeness (QED) is 0.566. The van der Waals surface area contributed by atoms with E-state index in [2.05, 4.69) is 9.97 Å². The molecule has 1 heterocycles. The Kier molecular flexibility index (Phi) is 2.72. The van der Waals surface area contributed by atoms with Gasteiger partial charge in [0.25, 0.3) is 0 Å². The number of nitrogens with zero attached hydrogens (tertiary/aromatic N) is 1. The first-order chi connectivity index (χ1) is 9.22. The first kappa shape index (κ1) is 11.4. The van der Waals surface area contributed by atoms with Gasteiger partial charge in [0.15, 0.2) is 0 Å². The van der Waals surface area contributed by atoms with Gasteiger partial charge in [-0.25, -0.2) is 14.2 Å². The Hall–Kier alpha value is -2.69. The number of H-pyrrole nitrogens is 1. The van der Waals surface area contributed by atoms with E-state index >= 15 is 0 Å². The fraction of sp³-hybridized carbons (Fsp3) is 0. The summed E-state index contributed by atoms with van der Waals surface area (Å²) in [5.41, 5.74) is 1.72. The normalized spacial score (nSPS) is 10.6. The van der Waals surface area contributed by atoms with Crippen molar-refractivity contribution in [2.24, 2.45) is 0 Å². The van der Waals surface area contributed by atoms with Crippen LogP contribution in [-0.4, -0.2) is 15.9 Å². The second-order valence-corrected chi connectivity index (χ2v) is 3.98. The Morgan fingerprint density at radius 2 is 2.11 bits per heavy atom. The van der Waals surface area contributed by atoms with Gasteiger partial charge in [-0.05, 0) is 30.3 Å². The molecule has 0 aliphatic rings. The molecule has 5 heteroatoms. The van der Waals surface area contributed by atoms with Crippen molar-refractivity contribution in [2.75, 3.05) is 0 Å². The molecule has 0 atom stereocenters. The predicted octanol–water partition coefficient (Wildman–Crippen LogP) is 2.92. The van der Waals surface area contributed by atoms with Crippen molar-refractivity contribution in [3.63, 3.8) is 0 Å². The van der Waals surface area contributed by atoms with Crippen molar-refractivity contribution in [1.29, 1.82) is 0 Å². The van der Waals surface area contributed by atoms with Gasteiger partial charge in [-0.15, -0.1) is 0 Å². The summed E-state index contributed by atoms with van der Waals surface area (Å²) in [6, 6.07) is 10.4. The number of esters is 1. The van der Waals surface area contributed by atoms with Crippen molar-refractivity contribution in [2.45, 2.75) is 0 Å². The molecular weight excluding hydrogens is 247 g/mol. The SMILES string of the molecule is O=C(Oc1ccc2nc[nH]c2c1)c1cccc(F)c1. The number of rotatable bonds is 2. The Morgan fingerprint density at radius 1 is 1.21 bits per heavy atom. The molecule has 0 radical (unpaired) electrons. The zero-order valence-electron chi connectivity index (χ0n) is 9.76. The molecule has 0 saturated carbocycles. The van der Waals surface area contributed by atoms with E-state index in [1.165, 1.54) is 18.2 Å². The van der Waals surface area contributed by atoms with Crippen LogP contribution < -0.4 is 4.74 Å². The van der Waals surface area contributed by atoms with Crippen molar-refractivity contribution < 1.29 is 13.9 Å². The molecule has 1 N–H and O–H groups in total. The Labute approximate surface area is 107 Å². The summed E-state index contributed by atoms with van der Waals surface area (Å²) < 4.78 is 18.2. The lowest BCUT2D eigenvalue weighted by molar-refractivity contribution is 0.0734. The number of carbonyl (C=O) groups is 1. The highest BCUT2D eigenvalue weighted by Gasteiger charge is 2.10.